The molecule has 0 aliphatic heterocycles. The summed E-state index contributed by atoms with van der Waals surface area (Å²) in [5.74, 6) is -0.811. The molecule has 0 radical (unpaired) electrons. The summed E-state index contributed by atoms with van der Waals surface area (Å²) in [5, 5.41) is 3.47. The molecule has 1 aliphatic carbocycles. The summed E-state index contributed by atoms with van der Waals surface area (Å²) in [5.41, 5.74) is 1.87. The van der Waals surface area contributed by atoms with Gasteiger partial charge in [-0.05, 0) is 74.7 Å². The second kappa shape index (κ2) is 13.6. The summed E-state index contributed by atoms with van der Waals surface area (Å²) in [6, 6.07) is 17.4. The molecule has 0 unspecified atom stereocenters. The van der Waals surface area contributed by atoms with Gasteiger partial charge in [-0.15, -0.1) is 0 Å². The lowest BCUT2D eigenvalue weighted by Crippen LogP contribution is -2.52. The molecule has 1 atom stereocenters. The van der Waals surface area contributed by atoms with Crippen molar-refractivity contribution in [1.82, 2.24) is 10.2 Å². The number of nitrogens with one attached hydrogen (secondary N) is 1. The predicted octanol–water partition coefficient (Wildman–Crippen LogP) is 6.74. The van der Waals surface area contributed by atoms with Gasteiger partial charge in [-0.3, -0.25) is 13.9 Å². The maximum absolute atomic E-state index is 14.0. The monoisotopic (exact) mass is 679 g/mol. The molecular weight excluding hydrogens is 649 g/mol. The van der Waals surface area contributed by atoms with E-state index in [4.69, 9.17) is 23.2 Å². The van der Waals surface area contributed by atoms with Crippen LogP contribution in [0.4, 0.5) is 5.69 Å². The molecule has 3 aromatic carbocycles. The molecule has 0 bridgehead atoms. The molecule has 0 heterocycles. The van der Waals surface area contributed by atoms with Crippen LogP contribution in [0.2, 0.25) is 10.0 Å². The van der Waals surface area contributed by atoms with Crippen LogP contribution < -0.4 is 9.62 Å². The Balaban J connectivity index is 1.70. The first kappa shape index (κ1) is 31.3. The van der Waals surface area contributed by atoms with Crippen LogP contribution in [0, 0.1) is 6.92 Å². The summed E-state index contributed by atoms with van der Waals surface area (Å²) in [6.07, 6.45) is 3.91. The molecule has 3 aromatic rings. The van der Waals surface area contributed by atoms with Gasteiger partial charge in [0.05, 0.1) is 20.6 Å². The van der Waals surface area contributed by atoms with Gasteiger partial charge in [-0.25, -0.2) is 8.42 Å². The van der Waals surface area contributed by atoms with E-state index < -0.39 is 28.5 Å². The number of carbonyl (C=O) groups excluding carboxylic acids is 2. The first-order chi connectivity index (χ1) is 19.5. The molecule has 1 fully saturated rings. The summed E-state index contributed by atoms with van der Waals surface area (Å²) >= 11 is 15.8. The maximum Gasteiger partial charge on any atom is 0.264 e. The van der Waals surface area contributed by atoms with Crippen molar-refractivity contribution in [1.29, 1.82) is 0 Å². The zero-order valence-corrected chi connectivity index (χ0v) is 26.7. The fourth-order valence-corrected chi connectivity index (χ4v) is 6.73. The summed E-state index contributed by atoms with van der Waals surface area (Å²) in [6.45, 7) is 3.09. The largest absolute Gasteiger partial charge is 0.352 e. The summed E-state index contributed by atoms with van der Waals surface area (Å²) in [4.78, 5) is 28.8. The van der Waals surface area contributed by atoms with Crippen LogP contribution in [-0.2, 0) is 26.2 Å². The molecule has 0 spiro atoms. The van der Waals surface area contributed by atoms with Crippen LogP contribution in [0.1, 0.15) is 43.7 Å². The van der Waals surface area contributed by atoms with E-state index >= 15 is 0 Å². The van der Waals surface area contributed by atoms with Crippen molar-refractivity contribution in [2.45, 2.75) is 63.1 Å². The van der Waals surface area contributed by atoms with Gasteiger partial charge in [-0.1, -0.05) is 81.8 Å². The Kier molecular flexibility index (Phi) is 10.4. The highest BCUT2D eigenvalue weighted by Gasteiger charge is 2.33. The van der Waals surface area contributed by atoms with Crippen LogP contribution in [0.5, 0.6) is 0 Å². The zero-order chi connectivity index (χ0) is 29.7. The fourth-order valence-electron chi connectivity index (χ4n) is 4.77. The predicted molar refractivity (Wildman–Crippen MR) is 167 cm³/mol. The molecule has 4 rings (SSSR count). The lowest BCUT2D eigenvalue weighted by molar-refractivity contribution is -0.139. The number of hydrogen-bond donors (Lipinski definition) is 1. The van der Waals surface area contributed by atoms with Crippen LogP contribution in [0.3, 0.4) is 0 Å². The zero-order valence-electron chi connectivity index (χ0n) is 22.8. The van der Waals surface area contributed by atoms with E-state index in [1.54, 1.807) is 19.1 Å². The van der Waals surface area contributed by atoms with Gasteiger partial charge in [-0.2, -0.15) is 0 Å². The number of nitrogens with zero attached hydrogens (tertiary/aromatic N) is 2. The quantitative estimate of drug-likeness (QED) is 0.257. The normalized spacial score (nSPS) is 14.5. The lowest BCUT2D eigenvalue weighted by Gasteiger charge is -2.32. The Morgan fingerprint density at radius 2 is 1.61 bits per heavy atom. The van der Waals surface area contributed by atoms with Gasteiger partial charge >= 0.3 is 0 Å². The number of rotatable bonds is 10. The Morgan fingerprint density at radius 3 is 2.22 bits per heavy atom. The summed E-state index contributed by atoms with van der Waals surface area (Å²) < 4.78 is 29.7. The molecule has 1 saturated carbocycles. The number of aryl methyl sites for hydroxylation is 1. The van der Waals surface area contributed by atoms with E-state index in [0.717, 1.165) is 45.6 Å². The number of amides is 2. The summed E-state index contributed by atoms with van der Waals surface area (Å²) in [7, 11) is -4.19. The van der Waals surface area contributed by atoms with Crippen molar-refractivity contribution >= 4 is 66.7 Å². The third-order valence-electron chi connectivity index (χ3n) is 7.21. The van der Waals surface area contributed by atoms with E-state index in [1.165, 1.54) is 35.2 Å². The van der Waals surface area contributed by atoms with Gasteiger partial charge in [0.1, 0.15) is 12.6 Å². The Hall–Kier alpha value is -2.59. The average molecular weight is 681 g/mol. The topological polar surface area (TPSA) is 86.8 Å². The van der Waals surface area contributed by atoms with Crippen LogP contribution in [0.15, 0.2) is 76.1 Å². The lowest BCUT2D eigenvalue weighted by atomic mass is 10.1. The SMILES string of the molecule is Cc1ccc(S(=O)(=O)N(CC(=O)N(Cc2ccc(Br)cc2)[C@@H](C)C(=O)NC2CCCC2)c2ccc(Cl)c(Cl)c2)cc1. The number of anilines is 1. The number of hydrogen-bond acceptors (Lipinski definition) is 4. The van der Waals surface area contributed by atoms with Crippen molar-refractivity contribution in [2.24, 2.45) is 0 Å². The van der Waals surface area contributed by atoms with Gasteiger partial charge in [0.15, 0.2) is 0 Å². The van der Waals surface area contributed by atoms with Gasteiger partial charge in [0.25, 0.3) is 10.0 Å². The van der Waals surface area contributed by atoms with Crippen molar-refractivity contribution < 1.29 is 18.0 Å². The smallest absolute Gasteiger partial charge is 0.264 e. The molecule has 2 amide bonds. The minimum absolute atomic E-state index is 0.0217. The van der Waals surface area contributed by atoms with E-state index in [1.807, 2.05) is 31.2 Å². The van der Waals surface area contributed by atoms with E-state index in [9.17, 15) is 18.0 Å². The van der Waals surface area contributed by atoms with Gasteiger partial charge in [0, 0.05) is 17.1 Å². The van der Waals surface area contributed by atoms with E-state index in [-0.39, 0.29) is 39.1 Å². The molecule has 1 N–H and O–H groups in total. The molecule has 0 aromatic heterocycles. The third-order valence-corrected chi connectivity index (χ3v) is 10.3. The Morgan fingerprint density at radius 1 is 0.976 bits per heavy atom. The van der Waals surface area contributed by atoms with Crippen LogP contribution >= 0.6 is 39.1 Å². The molecular formula is C30H32BrCl2N3O4S. The minimum atomic E-state index is -4.19. The standard InChI is InChI=1S/C30H32BrCl2N3O4S/c1-20-7-14-26(15-8-20)41(39,40)36(25-13-16-27(32)28(33)17-25)19-29(37)35(18-22-9-11-23(31)12-10-22)21(2)30(38)34-24-5-3-4-6-24/h7-17,21,24H,3-6,18-19H2,1-2H3,(H,34,38)/t21-/m0/s1. The Bertz CT molecular complexity index is 1500. The highest BCUT2D eigenvalue weighted by atomic mass is 79.9. The molecule has 1 aliphatic rings. The van der Waals surface area contributed by atoms with E-state index in [0.29, 0.717) is 0 Å². The first-order valence-electron chi connectivity index (χ1n) is 13.3. The highest BCUT2D eigenvalue weighted by Crippen LogP contribution is 2.31. The number of carbonyl (C=O) groups is 2. The van der Waals surface area contributed by atoms with Gasteiger partial charge in [0.2, 0.25) is 11.8 Å². The molecule has 0 saturated heterocycles. The second-order valence-corrected chi connectivity index (χ2v) is 13.8. The van der Waals surface area contributed by atoms with Gasteiger partial charge < -0.3 is 10.2 Å². The maximum atomic E-state index is 14.0. The molecule has 218 valence electrons. The molecule has 7 nitrogen and oxygen atoms in total. The number of sulfonamides is 1. The van der Waals surface area contributed by atoms with Crippen molar-refractivity contribution in [3.8, 4) is 0 Å². The van der Waals surface area contributed by atoms with Crippen molar-refractivity contribution in [2.75, 3.05) is 10.8 Å². The number of halogens is 3. The minimum Gasteiger partial charge on any atom is -0.352 e. The molecule has 11 heteroatoms. The Labute approximate surface area is 260 Å². The van der Waals surface area contributed by atoms with Crippen LogP contribution in [0.25, 0.3) is 0 Å². The van der Waals surface area contributed by atoms with E-state index in [2.05, 4.69) is 21.2 Å². The second-order valence-electron chi connectivity index (χ2n) is 10.2. The fraction of sp³-hybridized carbons (Fsp3) is 0.333. The first-order valence-corrected chi connectivity index (χ1v) is 16.3. The average Bonchev–Trinajstić information content (AvgIpc) is 3.45. The van der Waals surface area contributed by atoms with Crippen molar-refractivity contribution in [3.05, 3.63) is 92.4 Å². The highest BCUT2D eigenvalue weighted by molar-refractivity contribution is 9.10. The third kappa shape index (κ3) is 7.83. The van der Waals surface area contributed by atoms with Crippen LogP contribution in [-0.4, -0.2) is 43.8 Å². The van der Waals surface area contributed by atoms with Crippen molar-refractivity contribution in [3.63, 3.8) is 0 Å². The number of benzene rings is 3. The molecule has 41 heavy (non-hydrogen) atoms.